The fraction of sp³-hybridized carbons (Fsp3) is 0.256. The summed E-state index contributed by atoms with van der Waals surface area (Å²) in [6.45, 7) is 10.6. The number of anilines is 1. The molecule has 0 radical (unpaired) electrons. The first-order chi connectivity index (χ1) is 22.1. The third kappa shape index (κ3) is 5.36. The van der Waals surface area contributed by atoms with Crippen LogP contribution < -0.4 is 4.90 Å². The summed E-state index contributed by atoms with van der Waals surface area (Å²) in [4.78, 5) is 24.9. The van der Waals surface area contributed by atoms with Crippen LogP contribution in [0.15, 0.2) is 107 Å². The fourth-order valence-corrected chi connectivity index (χ4v) is 7.66. The predicted octanol–water partition coefficient (Wildman–Crippen LogP) is 8.57. The molecule has 0 saturated heterocycles. The van der Waals surface area contributed by atoms with Gasteiger partial charge in [-0.2, -0.15) is 4.58 Å². The molecule has 1 N–H and O–H groups in total. The molecule has 0 unspecified atom stereocenters. The summed E-state index contributed by atoms with van der Waals surface area (Å²) in [6.07, 6.45) is 10.4. The van der Waals surface area contributed by atoms with Crippen molar-refractivity contribution in [1.82, 2.24) is 0 Å². The molecule has 2 heterocycles. The summed E-state index contributed by atoms with van der Waals surface area (Å²) in [5.74, 6) is -0.818. The number of hydrogen-bond donors (Lipinski definition) is 1. The van der Waals surface area contributed by atoms with E-state index in [2.05, 4.69) is 126 Å². The second kappa shape index (κ2) is 12.4. The van der Waals surface area contributed by atoms with Crippen LogP contribution in [0.2, 0.25) is 0 Å². The number of ether oxygens (including phenoxy) is 1. The Morgan fingerprint density at radius 1 is 0.913 bits per heavy atom. The van der Waals surface area contributed by atoms with Gasteiger partial charge in [-0.1, -0.05) is 90.5 Å². The summed E-state index contributed by atoms with van der Waals surface area (Å²) in [7, 11) is 0. The minimum Gasteiger partial charge on any atom is -0.481 e. The Balaban J connectivity index is 1.41. The Hall–Kier alpha value is -4.49. The van der Waals surface area contributed by atoms with Gasteiger partial charge in [0, 0.05) is 32.9 Å². The van der Waals surface area contributed by atoms with Crippen molar-refractivity contribution < 1.29 is 24.0 Å². The van der Waals surface area contributed by atoms with Gasteiger partial charge in [0.2, 0.25) is 5.69 Å². The lowest BCUT2D eigenvalue weighted by atomic mass is 9.78. The minimum atomic E-state index is -0.818. The molecule has 2 aliphatic rings. The highest BCUT2D eigenvalue weighted by atomic mass is 79.9. The molecule has 6 nitrogen and oxygen atoms in total. The molecule has 0 aromatic heterocycles. The Labute approximate surface area is 278 Å². The highest BCUT2D eigenvalue weighted by molar-refractivity contribution is 9.10. The van der Waals surface area contributed by atoms with E-state index in [0.29, 0.717) is 26.2 Å². The quantitative estimate of drug-likeness (QED) is 0.0599. The maximum Gasteiger partial charge on any atom is 0.309 e. The number of halogens is 1. The Morgan fingerprint density at radius 2 is 1.59 bits per heavy atom. The van der Waals surface area contributed by atoms with Gasteiger partial charge in [-0.3, -0.25) is 9.59 Å². The molecule has 7 heteroatoms. The summed E-state index contributed by atoms with van der Waals surface area (Å²) in [5.41, 5.74) is 6.19. The summed E-state index contributed by atoms with van der Waals surface area (Å²) in [5, 5.41) is 14.4. The molecule has 4 aromatic carbocycles. The van der Waals surface area contributed by atoms with Gasteiger partial charge in [0.05, 0.1) is 17.3 Å². The van der Waals surface area contributed by atoms with Crippen molar-refractivity contribution >= 4 is 67.0 Å². The van der Waals surface area contributed by atoms with Crippen molar-refractivity contribution in [2.75, 3.05) is 24.6 Å². The molecule has 6 rings (SSSR count). The number of benzene rings is 4. The normalized spacial score (nSPS) is 17.5. The van der Waals surface area contributed by atoms with Crippen LogP contribution in [0.4, 0.5) is 11.4 Å². The van der Waals surface area contributed by atoms with Gasteiger partial charge in [-0.15, -0.1) is 0 Å². The average molecular weight is 679 g/mol. The van der Waals surface area contributed by atoms with Crippen molar-refractivity contribution in [3.63, 3.8) is 0 Å². The van der Waals surface area contributed by atoms with Crippen LogP contribution in [0.5, 0.6) is 0 Å². The Kier molecular flexibility index (Phi) is 8.47. The van der Waals surface area contributed by atoms with Gasteiger partial charge in [-0.25, -0.2) is 0 Å². The molecule has 0 bridgehead atoms. The van der Waals surface area contributed by atoms with E-state index < -0.39 is 5.97 Å². The molecule has 0 aliphatic carbocycles. The lowest BCUT2D eigenvalue weighted by Crippen LogP contribution is -2.29. The Morgan fingerprint density at radius 3 is 2.28 bits per heavy atom. The van der Waals surface area contributed by atoms with Gasteiger partial charge in [-0.05, 0) is 65.9 Å². The standard InChI is InChI=1S/C39H37BrN2O4/c1-38(2)31-24-26(40)18-19-32(31)41(22-23-46-25-43)33(38)16-6-5-7-17-34-39(3,4)36-29-14-10-8-12-27(29)28-13-9-11-15-30(28)37(36)42(34)21-20-35(44)45/h5-19,24-25H,20-23H2,1-4H3/p+1. The first-order valence-electron chi connectivity index (χ1n) is 15.6. The summed E-state index contributed by atoms with van der Waals surface area (Å²) >= 11 is 3.62. The topological polar surface area (TPSA) is 69.8 Å². The molecule has 0 fully saturated rings. The third-order valence-electron chi connectivity index (χ3n) is 9.37. The zero-order valence-corrected chi connectivity index (χ0v) is 28.2. The minimum absolute atomic E-state index is 0.0331. The maximum absolute atomic E-state index is 11.8. The third-order valence-corrected chi connectivity index (χ3v) is 9.86. The van der Waals surface area contributed by atoms with Crippen LogP contribution in [-0.4, -0.2) is 47.5 Å². The van der Waals surface area contributed by atoms with Crippen molar-refractivity contribution in [2.24, 2.45) is 0 Å². The van der Waals surface area contributed by atoms with Crippen LogP contribution in [0.1, 0.15) is 45.2 Å². The zero-order valence-electron chi connectivity index (χ0n) is 26.6. The molecule has 0 atom stereocenters. The van der Waals surface area contributed by atoms with Crippen LogP contribution in [0.25, 0.3) is 21.5 Å². The van der Waals surface area contributed by atoms with Crippen molar-refractivity contribution in [1.29, 1.82) is 0 Å². The first kappa shape index (κ1) is 31.5. The fourth-order valence-electron chi connectivity index (χ4n) is 7.30. The van der Waals surface area contributed by atoms with Gasteiger partial charge in [0.1, 0.15) is 13.0 Å². The lowest BCUT2D eigenvalue weighted by Gasteiger charge is -2.26. The second-order valence-electron chi connectivity index (χ2n) is 12.8. The van der Waals surface area contributed by atoms with Gasteiger partial charge < -0.3 is 14.7 Å². The number of aliphatic carboxylic acids is 1. The van der Waals surface area contributed by atoms with E-state index in [4.69, 9.17) is 4.74 Å². The first-order valence-corrected chi connectivity index (χ1v) is 16.4. The predicted molar refractivity (Wildman–Crippen MR) is 189 cm³/mol. The molecule has 0 amide bonds. The monoisotopic (exact) mass is 677 g/mol. The van der Waals surface area contributed by atoms with Crippen LogP contribution in [0.3, 0.4) is 0 Å². The highest BCUT2D eigenvalue weighted by Crippen LogP contribution is 2.50. The largest absolute Gasteiger partial charge is 0.481 e. The van der Waals surface area contributed by atoms with E-state index in [9.17, 15) is 14.7 Å². The second-order valence-corrected chi connectivity index (χ2v) is 13.7. The molecule has 46 heavy (non-hydrogen) atoms. The SMILES string of the molecule is CC1(C)C(/C=C/C=C/C=C2\N(CCOC=O)c3ccc(Br)cc3C2(C)C)=[N+](CCC(=O)O)c2c1c1ccccc1c1ccccc21. The van der Waals surface area contributed by atoms with Gasteiger partial charge >= 0.3 is 5.97 Å². The number of carboxylic acid groups (broad SMARTS) is 1. The molecular weight excluding hydrogens is 640 g/mol. The van der Waals surface area contributed by atoms with Crippen LogP contribution in [-0.2, 0) is 25.2 Å². The van der Waals surface area contributed by atoms with E-state index >= 15 is 0 Å². The number of allylic oxidation sites excluding steroid dienone is 6. The zero-order chi connectivity index (χ0) is 32.6. The van der Waals surface area contributed by atoms with E-state index in [1.807, 2.05) is 24.3 Å². The van der Waals surface area contributed by atoms with E-state index in [0.717, 1.165) is 32.6 Å². The maximum atomic E-state index is 11.8. The van der Waals surface area contributed by atoms with Crippen LogP contribution in [0, 0.1) is 0 Å². The number of fused-ring (bicyclic) bond motifs is 7. The van der Waals surface area contributed by atoms with Gasteiger partial charge in [0.25, 0.3) is 6.47 Å². The molecule has 0 saturated carbocycles. The number of rotatable bonds is 10. The average Bonchev–Trinajstić information content (AvgIpc) is 3.38. The van der Waals surface area contributed by atoms with E-state index in [1.165, 1.54) is 27.3 Å². The highest BCUT2D eigenvalue weighted by Gasteiger charge is 2.47. The number of carbonyl (C=O) groups is 2. The molecule has 2 aliphatic heterocycles. The number of carboxylic acids is 1. The number of nitrogens with zero attached hydrogens (tertiary/aromatic N) is 2. The van der Waals surface area contributed by atoms with Gasteiger partial charge in [0.15, 0.2) is 12.3 Å². The van der Waals surface area contributed by atoms with Crippen molar-refractivity contribution in [2.45, 2.75) is 44.9 Å². The number of hydrogen-bond acceptors (Lipinski definition) is 4. The lowest BCUT2D eigenvalue weighted by molar-refractivity contribution is -0.435. The van der Waals surface area contributed by atoms with Crippen molar-refractivity contribution in [3.05, 3.63) is 118 Å². The molecule has 4 aromatic rings. The molecule has 234 valence electrons. The van der Waals surface area contributed by atoms with E-state index in [-0.39, 0.29) is 17.3 Å². The molecule has 0 spiro atoms. The van der Waals surface area contributed by atoms with Crippen molar-refractivity contribution in [3.8, 4) is 0 Å². The Bertz CT molecular complexity index is 2000. The summed E-state index contributed by atoms with van der Waals surface area (Å²) < 4.78 is 8.30. The molecular formula is C39H38BrN2O4+. The number of carbonyl (C=O) groups excluding carboxylic acids is 1. The van der Waals surface area contributed by atoms with Crippen LogP contribution >= 0.6 is 15.9 Å². The summed E-state index contributed by atoms with van der Waals surface area (Å²) in [6, 6.07) is 23.2. The van der Waals surface area contributed by atoms with E-state index in [1.54, 1.807) is 0 Å². The smallest absolute Gasteiger partial charge is 0.309 e.